The van der Waals surface area contributed by atoms with E-state index in [4.69, 9.17) is 0 Å². The molecule has 0 spiro atoms. The van der Waals surface area contributed by atoms with Crippen LogP contribution in [-0.4, -0.2) is 47.3 Å². The van der Waals surface area contributed by atoms with Crippen molar-refractivity contribution < 1.29 is 9.59 Å². The number of carbonyl (C=O) groups is 2. The Kier molecular flexibility index (Phi) is 4.30. The van der Waals surface area contributed by atoms with Gasteiger partial charge < -0.3 is 9.80 Å². The zero-order valence-electron chi connectivity index (χ0n) is 15.2. The third-order valence-corrected chi connectivity index (χ3v) is 6.30. The molecule has 4 heteroatoms. The molecule has 1 aliphatic carbocycles. The average molecular weight is 340 g/mol. The third-order valence-electron chi connectivity index (χ3n) is 6.30. The van der Waals surface area contributed by atoms with Crippen LogP contribution in [0.4, 0.5) is 0 Å². The van der Waals surface area contributed by atoms with Crippen LogP contribution in [0.3, 0.4) is 0 Å². The minimum absolute atomic E-state index is 0.221. The quantitative estimate of drug-likeness (QED) is 0.848. The summed E-state index contributed by atoms with van der Waals surface area (Å²) in [5.41, 5.74) is 2.13. The zero-order valence-corrected chi connectivity index (χ0v) is 15.2. The van der Waals surface area contributed by atoms with Crippen LogP contribution in [0.15, 0.2) is 24.3 Å². The van der Waals surface area contributed by atoms with E-state index < -0.39 is 0 Å². The molecular formula is C21H28N2O2. The Morgan fingerprint density at radius 2 is 1.92 bits per heavy atom. The van der Waals surface area contributed by atoms with Gasteiger partial charge in [0.1, 0.15) is 0 Å². The van der Waals surface area contributed by atoms with Gasteiger partial charge in [-0.25, -0.2) is 0 Å². The summed E-state index contributed by atoms with van der Waals surface area (Å²) in [4.78, 5) is 29.7. The highest BCUT2D eigenvalue weighted by Gasteiger charge is 2.54. The summed E-state index contributed by atoms with van der Waals surface area (Å²) in [5.74, 6) is 0.571. The molecule has 25 heavy (non-hydrogen) atoms. The molecule has 1 saturated carbocycles. The topological polar surface area (TPSA) is 40.6 Å². The van der Waals surface area contributed by atoms with Gasteiger partial charge in [0.2, 0.25) is 11.8 Å². The first-order valence-electron chi connectivity index (χ1n) is 9.77. The first-order chi connectivity index (χ1) is 12.1. The summed E-state index contributed by atoms with van der Waals surface area (Å²) >= 11 is 0. The lowest BCUT2D eigenvalue weighted by atomic mass is 9.89. The van der Waals surface area contributed by atoms with Crippen molar-refractivity contribution in [3.05, 3.63) is 35.4 Å². The number of rotatable bonds is 3. The Morgan fingerprint density at radius 3 is 2.64 bits per heavy atom. The molecule has 0 aromatic heterocycles. The molecule has 1 aromatic rings. The van der Waals surface area contributed by atoms with E-state index in [1.54, 1.807) is 0 Å². The zero-order chi connectivity index (χ0) is 17.4. The highest BCUT2D eigenvalue weighted by Crippen LogP contribution is 2.51. The maximum Gasteiger partial charge on any atom is 0.233 e. The van der Waals surface area contributed by atoms with Gasteiger partial charge in [0, 0.05) is 32.1 Å². The minimum atomic E-state index is -0.293. The van der Waals surface area contributed by atoms with Crippen molar-refractivity contribution in [3.63, 3.8) is 0 Å². The Morgan fingerprint density at radius 1 is 1.12 bits per heavy atom. The van der Waals surface area contributed by atoms with Gasteiger partial charge in [0.25, 0.3) is 0 Å². The number of piperidine rings is 2. The second-order valence-corrected chi connectivity index (χ2v) is 7.99. The van der Waals surface area contributed by atoms with Crippen molar-refractivity contribution in [3.8, 4) is 0 Å². The second-order valence-electron chi connectivity index (χ2n) is 7.99. The molecule has 4 nitrogen and oxygen atoms in total. The lowest BCUT2D eigenvalue weighted by molar-refractivity contribution is -0.142. The fraction of sp³-hybridized carbons (Fsp3) is 0.619. The lowest BCUT2D eigenvalue weighted by Crippen LogP contribution is -2.54. The maximum atomic E-state index is 13.4. The number of likely N-dealkylation sites (tertiary alicyclic amines) is 2. The van der Waals surface area contributed by atoms with Crippen molar-refractivity contribution in [1.29, 1.82) is 0 Å². The molecule has 2 heterocycles. The first kappa shape index (κ1) is 16.6. The number of carbonyl (C=O) groups excluding carboxylic acids is 2. The van der Waals surface area contributed by atoms with Gasteiger partial charge in [-0.2, -0.15) is 0 Å². The van der Waals surface area contributed by atoms with Gasteiger partial charge >= 0.3 is 0 Å². The number of hydrogen-bond acceptors (Lipinski definition) is 2. The third kappa shape index (κ3) is 2.96. The van der Waals surface area contributed by atoms with Gasteiger partial charge in [0.05, 0.1) is 5.41 Å². The summed E-state index contributed by atoms with van der Waals surface area (Å²) < 4.78 is 0. The van der Waals surface area contributed by atoms with Crippen molar-refractivity contribution in [2.45, 2.75) is 63.3 Å². The number of nitrogens with zero attached hydrogens (tertiary/aromatic N) is 2. The van der Waals surface area contributed by atoms with Gasteiger partial charge in [-0.3, -0.25) is 9.59 Å². The number of hydrogen-bond donors (Lipinski definition) is 0. The molecule has 2 saturated heterocycles. The van der Waals surface area contributed by atoms with Gasteiger partial charge in [-0.1, -0.05) is 24.3 Å². The average Bonchev–Trinajstić information content (AvgIpc) is 3.44. The molecule has 4 rings (SSSR count). The van der Waals surface area contributed by atoms with Crippen LogP contribution >= 0.6 is 0 Å². The Labute approximate surface area is 150 Å². The highest BCUT2D eigenvalue weighted by molar-refractivity contribution is 5.92. The van der Waals surface area contributed by atoms with Crippen molar-refractivity contribution in [1.82, 2.24) is 9.80 Å². The monoisotopic (exact) mass is 340 g/mol. The summed E-state index contributed by atoms with van der Waals surface area (Å²) in [5, 5.41) is 0. The van der Waals surface area contributed by atoms with Crippen LogP contribution in [-0.2, 0) is 15.0 Å². The van der Waals surface area contributed by atoms with Crippen molar-refractivity contribution in [2.24, 2.45) is 0 Å². The van der Waals surface area contributed by atoms with Gasteiger partial charge in [0.15, 0.2) is 0 Å². The van der Waals surface area contributed by atoms with E-state index in [9.17, 15) is 9.59 Å². The highest BCUT2D eigenvalue weighted by atomic mass is 16.2. The number of aryl methyl sites for hydroxylation is 1. The van der Waals surface area contributed by atoms with Crippen molar-refractivity contribution in [2.75, 3.05) is 19.6 Å². The molecular weight excluding hydrogens is 312 g/mol. The molecule has 2 aliphatic heterocycles. The fourth-order valence-corrected chi connectivity index (χ4v) is 4.74. The van der Waals surface area contributed by atoms with Crippen LogP contribution in [0.2, 0.25) is 0 Å². The predicted octanol–water partition coefficient (Wildman–Crippen LogP) is 3.03. The normalized spacial score (nSPS) is 25.8. The SMILES string of the molecule is Cc1ccccc1C1(C(=O)N2CCCC(N3CCCCC3=O)C2)CC1. The fourth-order valence-electron chi connectivity index (χ4n) is 4.74. The van der Waals surface area contributed by atoms with E-state index in [-0.39, 0.29) is 23.3 Å². The van der Waals surface area contributed by atoms with E-state index in [0.717, 1.165) is 58.2 Å². The Bertz CT molecular complexity index is 680. The summed E-state index contributed by atoms with van der Waals surface area (Å²) in [6, 6.07) is 8.53. The smallest absolute Gasteiger partial charge is 0.233 e. The molecule has 1 aromatic carbocycles. The predicted molar refractivity (Wildman–Crippen MR) is 97.3 cm³/mol. The van der Waals surface area contributed by atoms with E-state index in [1.165, 1.54) is 11.1 Å². The van der Waals surface area contributed by atoms with Crippen LogP contribution in [0.5, 0.6) is 0 Å². The van der Waals surface area contributed by atoms with Crippen LogP contribution in [0.1, 0.15) is 56.1 Å². The molecule has 134 valence electrons. The molecule has 0 radical (unpaired) electrons. The van der Waals surface area contributed by atoms with E-state index in [1.807, 2.05) is 12.1 Å². The summed E-state index contributed by atoms with van der Waals surface area (Å²) in [6.07, 6.45) is 6.75. The molecule has 3 fully saturated rings. The molecule has 3 aliphatic rings. The summed E-state index contributed by atoms with van der Waals surface area (Å²) in [6.45, 7) is 4.53. The maximum absolute atomic E-state index is 13.4. The standard InChI is InChI=1S/C21H28N2O2/c1-16-7-2-3-9-18(16)21(11-12-21)20(25)22-13-6-8-17(15-22)23-14-5-4-10-19(23)24/h2-3,7,9,17H,4-6,8,10-15H2,1H3. The first-order valence-corrected chi connectivity index (χ1v) is 9.77. The van der Waals surface area contributed by atoms with E-state index in [2.05, 4.69) is 28.9 Å². The van der Waals surface area contributed by atoms with Crippen LogP contribution in [0.25, 0.3) is 0 Å². The number of amides is 2. The van der Waals surface area contributed by atoms with Crippen LogP contribution < -0.4 is 0 Å². The van der Waals surface area contributed by atoms with E-state index in [0.29, 0.717) is 6.42 Å². The van der Waals surface area contributed by atoms with Crippen LogP contribution in [0, 0.1) is 6.92 Å². The number of benzene rings is 1. The molecule has 1 unspecified atom stereocenters. The summed E-state index contributed by atoms with van der Waals surface area (Å²) in [7, 11) is 0. The molecule has 0 N–H and O–H groups in total. The lowest BCUT2D eigenvalue weighted by Gasteiger charge is -2.42. The van der Waals surface area contributed by atoms with Crippen molar-refractivity contribution >= 4 is 11.8 Å². The molecule has 2 amide bonds. The minimum Gasteiger partial charge on any atom is -0.340 e. The van der Waals surface area contributed by atoms with Gasteiger partial charge in [-0.15, -0.1) is 0 Å². The van der Waals surface area contributed by atoms with Gasteiger partial charge in [-0.05, 0) is 56.6 Å². The Balaban J connectivity index is 1.51. The molecule has 0 bridgehead atoms. The van der Waals surface area contributed by atoms with E-state index >= 15 is 0 Å². The molecule has 1 atom stereocenters. The Hall–Kier alpha value is -1.84. The second kappa shape index (κ2) is 6.47. The largest absolute Gasteiger partial charge is 0.340 e.